The lowest BCUT2D eigenvalue weighted by Crippen LogP contribution is -2.32. The van der Waals surface area contributed by atoms with Gasteiger partial charge in [-0.15, -0.1) is 0 Å². The molecule has 2 unspecified atom stereocenters. The molecule has 0 radical (unpaired) electrons. The Balaban J connectivity index is 2.33. The third-order valence-corrected chi connectivity index (χ3v) is 3.47. The van der Waals surface area contributed by atoms with Crippen molar-refractivity contribution in [1.82, 2.24) is 0 Å². The number of hydrogen-bond donors (Lipinski definition) is 0. The van der Waals surface area contributed by atoms with Crippen LogP contribution in [0.1, 0.15) is 24.8 Å². The standard InChI is InChI=1S/C11H10Cl2O/c1-6-8(5-11(6)14)9-4-7(12)2-3-10(9)13/h2-4,6,8H,5H2,1H3. The van der Waals surface area contributed by atoms with Gasteiger partial charge in [0.15, 0.2) is 0 Å². The molecule has 0 aromatic heterocycles. The summed E-state index contributed by atoms with van der Waals surface area (Å²) in [6.45, 7) is 1.94. The summed E-state index contributed by atoms with van der Waals surface area (Å²) in [5.74, 6) is 0.658. The van der Waals surface area contributed by atoms with Crippen LogP contribution >= 0.6 is 23.2 Å². The molecule has 0 amide bonds. The minimum Gasteiger partial charge on any atom is -0.299 e. The SMILES string of the molecule is CC1C(=O)CC1c1cc(Cl)ccc1Cl. The van der Waals surface area contributed by atoms with E-state index in [4.69, 9.17) is 23.2 Å². The Morgan fingerprint density at radius 3 is 2.64 bits per heavy atom. The molecule has 0 bridgehead atoms. The highest BCUT2D eigenvalue weighted by atomic mass is 35.5. The minimum absolute atomic E-state index is 0.0889. The molecule has 1 aromatic carbocycles. The Bertz CT molecular complexity index is 387. The largest absolute Gasteiger partial charge is 0.299 e. The molecule has 2 rings (SSSR count). The first kappa shape index (κ1) is 10.0. The molecule has 1 aliphatic carbocycles. The second-order valence-electron chi connectivity index (χ2n) is 3.73. The topological polar surface area (TPSA) is 17.1 Å². The smallest absolute Gasteiger partial charge is 0.136 e. The van der Waals surface area contributed by atoms with Gasteiger partial charge in [-0.1, -0.05) is 30.1 Å². The van der Waals surface area contributed by atoms with E-state index in [1.807, 2.05) is 13.0 Å². The van der Waals surface area contributed by atoms with E-state index in [9.17, 15) is 4.79 Å². The van der Waals surface area contributed by atoms with Crippen LogP contribution in [0.5, 0.6) is 0 Å². The van der Waals surface area contributed by atoms with Crippen LogP contribution in [0.25, 0.3) is 0 Å². The molecule has 1 nitrogen and oxygen atoms in total. The van der Waals surface area contributed by atoms with Gasteiger partial charge in [0.05, 0.1) is 0 Å². The number of benzene rings is 1. The summed E-state index contributed by atoms with van der Waals surface area (Å²) in [4.78, 5) is 11.1. The van der Waals surface area contributed by atoms with Gasteiger partial charge in [0.2, 0.25) is 0 Å². The second kappa shape index (κ2) is 3.56. The molecule has 1 aliphatic rings. The summed E-state index contributed by atoms with van der Waals surface area (Å²) in [5, 5.41) is 1.38. The van der Waals surface area contributed by atoms with Crippen molar-refractivity contribution in [2.45, 2.75) is 19.3 Å². The van der Waals surface area contributed by atoms with E-state index in [-0.39, 0.29) is 11.8 Å². The highest BCUT2D eigenvalue weighted by molar-refractivity contribution is 6.33. The molecule has 0 saturated heterocycles. The van der Waals surface area contributed by atoms with Crippen LogP contribution in [0.3, 0.4) is 0 Å². The average Bonchev–Trinajstić information content (AvgIpc) is 2.18. The van der Waals surface area contributed by atoms with Crippen LogP contribution in [0.2, 0.25) is 10.0 Å². The first-order valence-corrected chi connectivity index (χ1v) is 5.33. The van der Waals surface area contributed by atoms with Gasteiger partial charge in [0.25, 0.3) is 0 Å². The van der Waals surface area contributed by atoms with Crippen molar-refractivity contribution in [3.8, 4) is 0 Å². The van der Waals surface area contributed by atoms with Crippen LogP contribution < -0.4 is 0 Å². The molecule has 74 valence electrons. The van der Waals surface area contributed by atoms with Crippen molar-refractivity contribution < 1.29 is 4.79 Å². The summed E-state index contributed by atoms with van der Waals surface area (Å²) in [6, 6.07) is 5.41. The lowest BCUT2D eigenvalue weighted by Gasteiger charge is -2.33. The van der Waals surface area contributed by atoms with Gasteiger partial charge in [-0.2, -0.15) is 0 Å². The summed E-state index contributed by atoms with van der Waals surface area (Å²) in [7, 11) is 0. The molecule has 3 heteroatoms. The molecular weight excluding hydrogens is 219 g/mol. The van der Waals surface area contributed by atoms with Gasteiger partial charge in [-0.25, -0.2) is 0 Å². The van der Waals surface area contributed by atoms with Gasteiger partial charge in [0.1, 0.15) is 5.78 Å². The summed E-state index contributed by atoms with van der Waals surface area (Å²) >= 11 is 11.9. The number of hydrogen-bond acceptors (Lipinski definition) is 1. The Morgan fingerprint density at radius 1 is 1.36 bits per heavy atom. The normalized spacial score (nSPS) is 26.1. The monoisotopic (exact) mass is 228 g/mol. The number of ketones is 1. The average molecular weight is 229 g/mol. The van der Waals surface area contributed by atoms with E-state index < -0.39 is 0 Å². The fourth-order valence-corrected chi connectivity index (χ4v) is 2.26. The maximum atomic E-state index is 11.1. The third-order valence-electron chi connectivity index (χ3n) is 2.89. The molecule has 2 atom stereocenters. The van der Waals surface area contributed by atoms with E-state index in [0.29, 0.717) is 22.2 Å². The zero-order valence-electron chi connectivity index (χ0n) is 7.76. The van der Waals surface area contributed by atoms with Crippen molar-refractivity contribution in [3.05, 3.63) is 33.8 Å². The van der Waals surface area contributed by atoms with Gasteiger partial charge in [-0.05, 0) is 23.8 Å². The molecule has 1 saturated carbocycles. The molecule has 0 heterocycles. The number of carbonyl (C=O) groups excluding carboxylic acids is 1. The fraction of sp³-hybridized carbons (Fsp3) is 0.364. The Kier molecular flexibility index (Phi) is 2.54. The first-order valence-electron chi connectivity index (χ1n) is 4.57. The predicted octanol–water partition coefficient (Wildman–Crippen LogP) is 3.69. The lowest BCUT2D eigenvalue weighted by molar-refractivity contribution is -0.130. The van der Waals surface area contributed by atoms with Gasteiger partial charge in [0, 0.05) is 28.3 Å². The van der Waals surface area contributed by atoms with E-state index in [1.165, 1.54) is 0 Å². The van der Waals surface area contributed by atoms with Crippen LogP contribution in [0.15, 0.2) is 18.2 Å². The quantitative estimate of drug-likeness (QED) is 0.717. The molecule has 0 N–H and O–H groups in total. The second-order valence-corrected chi connectivity index (χ2v) is 4.58. The van der Waals surface area contributed by atoms with Crippen molar-refractivity contribution >= 4 is 29.0 Å². The van der Waals surface area contributed by atoms with E-state index in [0.717, 1.165) is 5.56 Å². The van der Waals surface area contributed by atoms with Crippen molar-refractivity contribution in [1.29, 1.82) is 0 Å². The van der Waals surface area contributed by atoms with Crippen LogP contribution in [0, 0.1) is 5.92 Å². The highest BCUT2D eigenvalue weighted by Gasteiger charge is 2.37. The minimum atomic E-state index is 0.0889. The molecule has 0 aliphatic heterocycles. The Hall–Kier alpha value is -0.530. The molecule has 0 spiro atoms. The zero-order chi connectivity index (χ0) is 10.3. The van der Waals surface area contributed by atoms with Crippen molar-refractivity contribution in [3.63, 3.8) is 0 Å². The van der Waals surface area contributed by atoms with Gasteiger partial charge < -0.3 is 0 Å². The molecular formula is C11H10Cl2O. The van der Waals surface area contributed by atoms with Gasteiger partial charge >= 0.3 is 0 Å². The highest BCUT2D eigenvalue weighted by Crippen LogP contribution is 2.42. The Morgan fingerprint density at radius 2 is 2.07 bits per heavy atom. The van der Waals surface area contributed by atoms with E-state index in [1.54, 1.807) is 12.1 Å². The lowest BCUT2D eigenvalue weighted by atomic mass is 9.70. The van der Waals surface area contributed by atoms with Crippen LogP contribution in [-0.2, 0) is 4.79 Å². The van der Waals surface area contributed by atoms with Gasteiger partial charge in [-0.3, -0.25) is 4.79 Å². The van der Waals surface area contributed by atoms with Crippen LogP contribution in [-0.4, -0.2) is 5.78 Å². The summed E-state index contributed by atoms with van der Waals surface area (Å²) in [5.41, 5.74) is 1.01. The number of carbonyl (C=O) groups is 1. The van der Waals surface area contributed by atoms with E-state index >= 15 is 0 Å². The number of rotatable bonds is 1. The predicted molar refractivity (Wildman–Crippen MR) is 58.0 cm³/mol. The molecule has 14 heavy (non-hydrogen) atoms. The summed E-state index contributed by atoms with van der Waals surface area (Å²) in [6.07, 6.45) is 0.598. The van der Waals surface area contributed by atoms with E-state index in [2.05, 4.69) is 0 Å². The van der Waals surface area contributed by atoms with Crippen molar-refractivity contribution in [2.24, 2.45) is 5.92 Å². The zero-order valence-corrected chi connectivity index (χ0v) is 9.27. The maximum absolute atomic E-state index is 11.1. The summed E-state index contributed by atoms with van der Waals surface area (Å²) < 4.78 is 0. The maximum Gasteiger partial charge on any atom is 0.136 e. The van der Waals surface area contributed by atoms with Crippen LogP contribution in [0.4, 0.5) is 0 Å². The number of Topliss-reactive ketones (excluding diaryl/α,β-unsaturated/α-hetero) is 1. The van der Waals surface area contributed by atoms with Crippen molar-refractivity contribution in [2.75, 3.05) is 0 Å². The number of halogens is 2. The third kappa shape index (κ3) is 1.55. The molecule has 1 aromatic rings. The molecule has 1 fully saturated rings. The Labute approximate surface area is 93.0 Å². The first-order chi connectivity index (χ1) is 6.59. The fourth-order valence-electron chi connectivity index (χ4n) is 1.82.